The van der Waals surface area contributed by atoms with Crippen LogP contribution in [0.3, 0.4) is 0 Å². The Labute approximate surface area is 113 Å². The largest absolute Gasteiger partial charge is 0.317 e. The van der Waals surface area contributed by atoms with Gasteiger partial charge in [-0.1, -0.05) is 11.6 Å². The molecule has 4 heteroatoms. The first-order valence-corrected chi connectivity index (χ1v) is 7.69. The molecular formula is C13H21ClN2S. The molecule has 2 heterocycles. The van der Waals surface area contributed by atoms with Crippen LogP contribution in [0.2, 0.25) is 4.34 Å². The van der Waals surface area contributed by atoms with Crippen LogP contribution in [0.15, 0.2) is 12.1 Å². The Morgan fingerprint density at radius 2 is 2.18 bits per heavy atom. The van der Waals surface area contributed by atoms with E-state index in [1.54, 1.807) is 11.3 Å². The average molecular weight is 273 g/mol. The fourth-order valence-electron chi connectivity index (χ4n) is 2.34. The molecule has 2 N–H and O–H groups in total. The van der Waals surface area contributed by atoms with Crippen molar-refractivity contribution in [3.63, 3.8) is 0 Å². The molecule has 1 aromatic rings. The minimum atomic E-state index is 0.886. The van der Waals surface area contributed by atoms with Gasteiger partial charge in [0.2, 0.25) is 0 Å². The smallest absolute Gasteiger partial charge is 0.0931 e. The molecule has 0 aromatic carbocycles. The van der Waals surface area contributed by atoms with Crippen molar-refractivity contribution < 1.29 is 0 Å². The number of rotatable bonds is 6. The van der Waals surface area contributed by atoms with Gasteiger partial charge in [-0.15, -0.1) is 11.3 Å². The molecule has 2 rings (SSSR count). The standard InChI is InChI=1S/C13H21ClN2S/c14-13-4-3-12(17-13)10-16-7-1-2-11-5-8-15-9-6-11/h3-4,11,15-16H,1-2,5-10H2. The third-order valence-electron chi connectivity index (χ3n) is 3.35. The molecule has 0 radical (unpaired) electrons. The Balaban J connectivity index is 1.51. The molecule has 0 unspecified atom stereocenters. The second-order valence-corrected chi connectivity index (χ2v) is 6.52. The molecule has 1 aromatic heterocycles. The van der Waals surface area contributed by atoms with Gasteiger partial charge in [0.05, 0.1) is 4.34 Å². The Bertz CT molecular complexity index is 321. The Hall–Kier alpha value is -0.0900. The molecule has 0 saturated carbocycles. The second-order valence-electron chi connectivity index (χ2n) is 4.72. The number of piperidine rings is 1. The summed E-state index contributed by atoms with van der Waals surface area (Å²) in [5.41, 5.74) is 0. The van der Waals surface area contributed by atoms with Crippen LogP contribution in [0.4, 0.5) is 0 Å². The third-order valence-corrected chi connectivity index (χ3v) is 4.58. The lowest BCUT2D eigenvalue weighted by molar-refractivity contribution is 0.344. The number of thiophene rings is 1. The number of nitrogens with one attached hydrogen (secondary N) is 2. The van der Waals surface area contributed by atoms with Gasteiger partial charge in [-0.2, -0.15) is 0 Å². The molecule has 2 nitrogen and oxygen atoms in total. The summed E-state index contributed by atoms with van der Waals surface area (Å²) in [5, 5.41) is 6.90. The van der Waals surface area contributed by atoms with Gasteiger partial charge in [0.15, 0.2) is 0 Å². The lowest BCUT2D eigenvalue weighted by Gasteiger charge is -2.22. The Morgan fingerprint density at radius 1 is 1.35 bits per heavy atom. The predicted molar refractivity (Wildman–Crippen MR) is 75.9 cm³/mol. The molecule has 1 aliphatic heterocycles. The fourth-order valence-corrected chi connectivity index (χ4v) is 3.40. The van der Waals surface area contributed by atoms with Crippen molar-refractivity contribution >= 4 is 22.9 Å². The lowest BCUT2D eigenvalue weighted by Crippen LogP contribution is -2.28. The van der Waals surface area contributed by atoms with Crippen molar-refractivity contribution in [2.45, 2.75) is 32.2 Å². The SMILES string of the molecule is Clc1ccc(CNCCCC2CCNCC2)s1. The summed E-state index contributed by atoms with van der Waals surface area (Å²) < 4.78 is 0.886. The Kier molecular flexibility index (Phi) is 5.78. The van der Waals surface area contributed by atoms with Crippen LogP contribution in [0.1, 0.15) is 30.6 Å². The topological polar surface area (TPSA) is 24.1 Å². The highest BCUT2D eigenvalue weighted by Crippen LogP contribution is 2.21. The summed E-state index contributed by atoms with van der Waals surface area (Å²) in [5.74, 6) is 0.953. The molecule has 1 saturated heterocycles. The van der Waals surface area contributed by atoms with Gasteiger partial charge in [0.1, 0.15) is 0 Å². The predicted octanol–water partition coefficient (Wildman–Crippen LogP) is 3.27. The molecule has 0 spiro atoms. The van der Waals surface area contributed by atoms with Gasteiger partial charge in [0, 0.05) is 11.4 Å². The zero-order chi connectivity index (χ0) is 11.9. The summed E-state index contributed by atoms with van der Waals surface area (Å²) in [6, 6.07) is 4.07. The van der Waals surface area contributed by atoms with Crippen LogP contribution in [0, 0.1) is 5.92 Å². The van der Waals surface area contributed by atoms with Crippen molar-refractivity contribution in [1.29, 1.82) is 0 Å². The van der Waals surface area contributed by atoms with Gasteiger partial charge in [-0.3, -0.25) is 0 Å². The summed E-state index contributed by atoms with van der Waals surface area (Å²) >= 11 is 7.56. The van der Waals surface area contributed by atoms with Crippen LogP contribution in [-0.2, 0) is 6.54 Å². The van der Waals surface area contributed by atoms with E-state index in [1.165, 1.54) is 43.6 Å². The molecule has 0 aliphatic carbocycles. The summed E-state index contributed by atoms with van der Waals surface area (Å²) in [7, 11) is 0. The van der Waals surface area contributed by atoms with Crippen LogP contribution >= 0.6 is 22.9 Å². The Morgan fingerprint density at radius 3 is 2.88 bits per heavy atom. The number of halogens is 1. The third kappa shape index (κ3) is 4.96. The minimum Gasteiger partial charge on any atom is -0.317 e. The van der Waals surface area contributed by atoms with E-state index in [2.05, 4.69) is 16.7 Å². The van der Waals surface area contributed by atoms with E-state index >= 15 is 0 Å². The molecule has 17 heavy (non-hydrogen) atoms. The quantitative estimate of drug-likeness (QED) is 0.777. The lowest BCUT2D eigenvalue weighted by atomic mass is 9.93. The van der Waals surface area contributed by atoms with Gasteiger partial charge >= 0.3 is 0 Å². The van der Waals surface area contributed by atoms with E-state index in [0.717, 1.165) is 23.3 Å². The van der Waals surface area contributed by atoms with Crippen LogP contribution < -0.4 is 10.6 Å². The van der Waals surface area contributed by atoms with Gasteiger partial charge in [0.25, 0.3) is 0 Å². The highest BCUT2D eigenvalue weighted by molar-refractivity contribution is 7.16. The van der Waals surface area contributed by atoms with E-state index in [1.807, 2.05) is 6.07 Å². The van der Waals surface area contributed by atoms with E-state index in [9.17, 15) is 0 Å². The fraction of sp³-hybridized carbons (Fsp3) is 0.692. The second kappa shape index (κ2) is 7.37. The highest BCUT2D eigenvalue weighted by atomic mass is 35.5. The van der Waals surface area contributed by atoms with Crippen molar-refractivity contribution in [3.8, 4) is 0 Å². The van der Waals surface area contributed by atoms with E-state index in [-0.39, 0.29) is 0 Å². The van der Waals surface area contributed by atoms with Crippen LogP contribution in [-0.4, -0.2) is 19.6 Å². The van der Waals surface area contributed by atoms with Crippen LogP contribution in [0.25, 0.3) is 0 Å². The van der Waals surface area contributed by atoms with Crippen molar-refractivity contribution in [1.82, 2.24) is 10.6 Å². The van der Waals surface area contributed by atoms with Crippen molar-refractivity contribution in [2.24, 2.45) is 5.92 Å². The number of hydrogen-bond donors (Lipinski definition) is 2. The average Bonchev–Trinajstić information content (AvgIpc) is 2.76. The molecular weight excluding hydrogens is 252 g/mol. The molecule has 1 fully saturated rings. The minimum absolute atomic E-state index is 0.886. The van der Waals surface area contributed by atoms with Gasteiger partial charge in [-0.25, -0.2) is 0 Å². The van der Waals surface area contributed by atoms with Gasteiger partial charge in [-0.05, 0) is 63.4 Å². The summed E-state index contributed by atoms with van der Waals surface area (Å²) in [6.45, 7) is 4.51. The first-order chi connectivity index (χ1) is 8.34. The molecule has 1 aliphatic rings. The van der Waals surface area contributed by atoms with E-state index in [0.29, 0.717) is 0 Å². The van der Waals surface area contributed by atoms with Gasteiger partial charge < -0.3 is 10.6 Å². The zero-order valence-electron chi connectivity index (χ0n) is 10.2. The summed E-state index contributed by atoms with van der Waals surface area (Å²) in [6.07, 6.45) is 5.39. The zero-order valence-corrected chi connectivity index (χ0v) is 11.7. The summed E-state index contributed by atoms with van der Waals surface area (Å²) in [4.78, 5) is 1.33. The first-order valence-electron chi connectivity index (χ1n) is 6.50. The molecule has 96 valence electrons. The maximum Gasteiger partial charge on any atom is 0.0931 e. The van der Waals surface area contributed by atoms with E-state index in [4.69, 9.17) is 11.6 Å². The van der Waals surface area contributed by atoms with E-state index < -0.39 is 0 Å². The maximum atomic E-state index is 5.89. The monoisotopic (exact) mass is 272 g/mol. The molecule has 0 amide bonds. The molecule has 0 bridgehead atoms. The normalized spacial score (nSPS) is 17.5. The maximum absolute atomic E-state index is 5.89. The first kappa shape index (κ1) is 13.3. The van der Waals surface area contributed by atoms with Crippen molar-refractivity contribution in [3.05, 3.63) is 21.3 Å². The van der Waals surface area contributed by atoms with Crippen molar-refractivity contribution in [2.75, 3.05) is 19.6 Å². The molecule has 0 atom stereocenters. The number of hydrogen-bond acceptors (Lipinski definition) is 3. The van der Waals surface area contributed by atoms with Crippen LogP contribution in [0.5, 0.6) is 0 Å². The highest BCUT2D eigenvalue weighted by Gasteiger charge is 2.11.